The fraction of sp³-hybridized carbons (Fsp3) is 0.842. The lowest BCUT2D eigenvalue weighted by Crippen LogP contribution is -2.50. The van der Waals surface area contributed by atoms with Crippen LogP contribution in [0.25, 0.3) is 0 Å². The highest BCUT2D eigenvalue weighted by Crippen LogP contribution is 2.27. The summed E-state index contributed by atoms with van der Waals surface area (Å²) in [6.45, 7) is 9.46. The molecule has 0 aromatic carbocycles. The van der Waals surface area contributed by atoms with Crippen molar-refractivity contribution in [2.45, 2.75) is 58.0 Å². The van der Waals surface area contributed by atoms with Crippen LogP contribution in [-0.2, 0) is 11.3 Å². The number of carbonyl (C=O) groups excluding carboxylic acids is 1. The average Bonchev–Trinajstić information content (AvgIpc) is 3.34. The van der Waals surface area contributed by atoms with Crippen LogP contribution in [0.4, 0.5) is 0 Å². The Balaban J connectivity index is 1.27. The lowest BCUT2D eigenvalue weighted by Gasteiger charge is -2.42. The fourth-order valence-corrected chi connectivity index (χ4v) is 5.45. The van der Waals surface area contributed by atoms with Crippen LogP contribution in [0.5, 0.6) is 0 Å². The summed E-state index contributed by atoms with van der Waals surface area (Å²) in [6, 6.07) is 0.654. The van der Waals surface area contributed by atoms with Gasteiger partial charge in [-0.25, -0.2) is 0 Å². The number of aromatic nitrogens is 2. The molecule has 1 aromatic rings. The van der Waals surface area contributed by atoms with E-state index in [2.05, 4.69) is 31.2 Å². The van der Waals surface area contributed by atoms with E-state index in [0.29, 0.717) is 11.9 Å². The smallest absolute Gasteiger partial charge is 0.226 e. The van der Waals surface area contributed by atoms with Crippen LogP contribution in [0.3, 0.4) is 0 Å². The van der Waals surface area contributed by atoms with Crippen molar-refractivity contribution in [1.82, 2.24) is 24.3 Å². The average molecular weight is 378 g/mol. The van der Waals surface area contributed by atoms with Crippen molar-refractivity contribution in [3.63, 3.8) is 0 Å². The molecular formula is C19H31N5OS. The zero-order valence-corrected chi connectivity index (χ0v) is 16.7. The summed E-state index contributed by atoms with van der Waals surface area (Å²) < 4.78 is 4.05. The van der Waals surface area contributed by atoms with Crippen molar-refractivity contribution in [3.05, 3.63) is 10.6 Å². The van der Waals surface area contributed by atoms with Crippen molar-refractivity contribution < 1.29 is 4.79 Å². The highest BCUT2D eigenvalue weighted by molar-refractivity contribution is 7.05. The lowest BCUT2D eigenvalue weighted by molar-refractivity contribution is -0.136. The zero-order valence-electron chi connectivity index (χ0n) is 15.9. The van der Waals surface area contributed by atoms with Crippen molar-refractivity contribution in [2.75, 3.05) is 39.3 Å². The summed E-state index contributed by atoms with van der Waals surface area (Å²) in [6.07, 6.45) is 7.08. The van der Waals surface area contributed by atoms with E-state index in [1.807, 2.05) is 0 Å². The van der Waals surface area contributed by atoms with Crippen LogP contribution >= 0.6 is 11.5 Å². The normalized spacial score (nSPS) is 26.5. The van der Waals surface area contributed by atoms with Crippen molar-refractivity contribution >= 4 is 17.4 Å². The first-order valence-electron chi connectivity index (χ1n) is 10.2. The molecule has 3 aliphatic heterocycles. The van der Waals surface area contributed by atoms with Gasteiger partial charge in [0.05, 0.1) is 16.5 Å². The number of piperidine rings is 2. The topological polar surface area (TPSA) is 52.6 Å². The van der Waals surface area contributed by atoms with E-state index in [4.69, 9.17) is 0 Å². The van der Waals surface area contributed by atoms with Gasteiger partial charge in [-0.15, -0.1) is 5.10 Å². The second-order valence-corrected chi connectivity index (χ2v) is 8.99. The molecule has 3 saturated heterocycles. The SMILES string of the molecule is Cc1nnsc1CN1CCC(N2CCCC(C(=O)N3CCCC3)C2)CC1. The Hall–Kier alpha value is -1.05. The minimum atomic E-state index is 0.241. The molecule has 0 spiro atoms. The quantitative estimate of drug-likeness (QED) is 0.805. The standard InChI is InChI=1S/C19H31N5OS/c1-15-18(26-21-20-15)14-22-11-6-17(7-12-22)24-10-4-5-16(13-24)19(25)23-8-2-3-9-23/h16-17H,2-14H2,1H3. The molecule has 144 valence electrons. The molecule has 3 aliphatic rings. The van der Waals surface area contributed by atoms with Crippen molar-refractivity contribution in [1.29, 1.82) is 0 Å². The molecule has 26 heavy (non-hydrogen) atoms. The highest BCUT2D eigenvalue weighted by Gasteiger charge is 2.34. The summed E-state index contributed by atoms with van der Waals surface area (Å²) in [7, 11) is 0. The summed E-state index contributed by atoms with van der Waals surface area (Å²) in [5.41, 5.74) is 1.08. The third-order valence-corrected chi connectivity index (χ3v) is 7.21. The number of hydrogen-bond acceptors (Lipinski definition) is 6. The Labute approximate surface area is 160 Å². The molecule has 0 radical (unpaired) electrons. The molecule has 4 rings (SSSR count). The van der Waals surface area contributed by atoms with Crippen molar-refractivity contribution in [2.24, 2.45) is 5.92 Å². The van der Waals surface area contributed by atoms with Crippen LogP contribution in [-0.4, -0.2) is 75.5 Å². The molecule has 7 heteroatoms. The Morgan fingerprint density at radius 2 is 1.85 bits per heavy atom. The van der Waals surface area contributed by atoms with E-state index in [1.54, 1.807) is 0 Å². The molecule has 1 amide bonds. The molecule has 1 atom stereocenters. The van der Waals surface area contributed by atoms with E-state index >= 15 is 0 Å². The van der Waals surface area contributed by atoms with E-state index in [-0.39, 0.29) is 5.92 Å². The molecule has 1 aromatic heterocycles. The summed E-state index contributed by atoms with van der Waals surface area (Å²) in [5.74, 6) is 0.670. The first kappa shape index (κ1) is 18.3. The minimum absolute atomic E-state index is 0.241. The lowest BCUT2D eigenvalue weighted by atomic mass is 9.93. The van der Waals surface area contributed by atoms with Gasteiger partial charge in [-0.3, -0.25) is 14.6 Å². The molecule has 0 saturated carbocycles. The monoisotopic (exact) mass is 377 g/mol. The third kappa shape index (κ3) is 4.10. The van der Waals surface area contributed by atoms with Crippen molar-refractivity contribution in [3.8, 4) is 0 Å². The van der Waals surface area contributed by atoms with Gasteiger partial charge < -0.3 is 4.90 Å². The maximum absolute atomic E-state index is 12.8. The molecular weight excluding hydrogens is 346 g/mol. The first-order chi connectivity index (χ1) is 12.7. The number of rotatable bonds is 4. The van der Waals surface area contributed by atoms with Gasteiger partial charge in [0.2, 0.25) is 5.91 Å². The van der Waals surface area contributed by atoms with E-state index in [9.17, 15) is 4.79 Å². The van der Waals surface area contributed by atoms with E-state index < -0.39 is 0 Å². The number of likely N-dealkylation sites (tertiary alicyclic amines) is 3. The zero-order chi connectivity index (χ0) is 17.9. The number of carbonyl (C=O) groups is 1. The van der Waals surface area contributed by atoms with E-state index in [0.717, 1.165) is 51.4 Å². The van der Waals surface area contributed by atoms with Crippen LogP contribution in [0.1, 0.15) is 49.1 Å². The predicted octanol–water partition coefficient (Wildman–Crippen LogP) is 2.15. The van der Waals surface area contributed by atoms with E-state index in [1.165, 1.54) is 55.1 Å². The minimum Gasteiger partial charge on any atom is -0.342 e. The van der Waals surface area contributed by atoms with Crippen LogP contribution in [0, 0.1) is 12.8 Å². The van der Waals surface area contributed by atoms with Gasteiger partial charge in [-0.1, -0.05) is 4.49 Å². The van der Waals surface area contributed by atoms with Gasteiger partial charge in [-0.05, 0) is 63.5 Å². The van der Waals surface area contributed by atoms with Crippen LogP contribution in [0.2, 0.25) is 0 Å². The van der Waals surface area contributed by atoms with Crippen LogP contribution < -0.4 is 0 Å². The summed E-state index contributed by atoms with van der Waals surface area (Å²) in [5, 5.41) is 4.13. The molecule has 4 heterocycles. The van der Waals surface area contributed by atoms with Crippen LogP contribution in [0.15, 0.2) is 0 Å². The second kappa shape index (κ2) is 8.31. The Morgan fingerprint density at radius 3 is 2.54 bits per heavy atom. The Morgan fingerprint density at radius 1 is 1.08 bits per heavy atom. The molecule has 3 fully saturated rings. The molecule has 1 unspecified atom stereocenters. The third-order valence-electron chi connectivity index (χ3n) is 6.41. The fourth-order valence-electron chi connectivity index (χ4n) is 4.78. The van der Waals surface area contributed by atoms with Gasteiger partial charge in [0, 0.05) is 45.3 Å². The molecule has 0 N–H and O–H groups in total. The Bertz CT molecular complexity index is 607. The first-order valence-corrected chi connectivity index (χ1v) is 11.0. The maximum Gasteiger partial charge on any atom is 0.226 e. The van der Waals surface area contributed by atoms with Gasteiger partial charge in [-0.2, -0.15) is 0 Å². The number of amides is 1. The van der Waals surface area contributed by atoms with Gasteiger partial charge >= 0.3 is 0 Å². The molecule has 6 nitrogen and oxygen atoms in total. The number of aryl methyl sites for hydroxylation is 1. The van der Waals surface area contributed by atoms with Gasteiger partial charge in [0.1, 0.15) is 0 Å². The maximum atomic E-state index is 12.8. The summed E-state index contributed by atoms with van der Waals surface area (Å²) >= 11 is 1.53. The largest absolute Gasteiger partial charge is 0.342 e. The van der Waals surface area contributed by atoms with Gasteiger partial charge in [0.25, 0.3) is 0 Å². The Kier molecular flexibility index (Phi) is 5.86. The second-order valence-electron chi connectivity index (χ2n) is 8.16. The highest BCUT2D eigenvalue weighted by atomic mass is 32.1. The summed E-state index contributed by atoms with van der Waals surface area (Å²) in [4.78, 5) is 21.3. The predicted molar refractivity (Wildman–Crippen MR) is 103 cm³/mol. The van der Waals surface area contributed by atoms with Gasteiger partial charge in [0.15, 0.2) is 0 Å². The molecule has 0 aliphatic carbocycles. The number of nitrogens with zero attached hydrogens (tertiary/aromatic N) is 5. The number of hydrogen-bond donors (Lipinski definition) is 0. The molecule has 0 bridgehead atoms.